The Bertz CT molecular complexity index is 337. The quantitative estimate of drug-likeness (QED) is 0.515. The molecular weight excluding hydrogens is 220 g/mol. The molecule has 0 aliphatic carbocycles. The molecule has 0 spiro atoms. The first kappa shape index (κ1) is 15.0. The van der Waals surface area contributed by atoms with Gasteiger partial charge in [0.25, 0.3) is 0 Å². The molecule has 1 aromatic carbocycles. The molecule has 100 valence electrons. The van der Waals surface area contributed by atoms with Crippen LogP contribution in [-0.2, 0) is 6.42 Å². The van der Waals surface area contributed by atoms with Gasteiger partial charge in [0.1, 0.15) is 0 Å². The summed E-state index contributed by atoms with van der Waals surface area (Å²) in [5, 5.41) is 9.80. The molecule has 0 amide bonds. The minimum atomic E-state index is -0.464. The lowest BCUT2D eigenvalue weighted by atomic mass is 10.0. The van der Waals surface area contributed by atoms with E-state index in [1.165, 1.54) is 37.7 Å². The van der Waals surface area contributed by atoms with Gasteiger partial charge in [-0.05, 0) is 30.9 Å². The highest BCUT2D eigenvalue weighted by molar-refractivity contribution is 5.26. The highest BCUT2D eigenvalue weighted by Gasteiger charge is 2.02. The fraction of sp³-hybridized carbons (Fsp3) is 0.529. The van der Waals surface area contributed by atoms with Crippen molar-refractivity contribution >= 4 is 0 Å². The van der Waals surface area contributed by atoms with Crippen molar-refractivity contribution in [2.45, 2.75) is 58.5 Å². The predicted molar refractivity (Wildman–Crippen MR) is 78.7 cm³/mol. The maximum Gasteiger partial charge on any atom is 0.0971 e. The third-order valence-corrected chi connectivity index (χ3v) is 3.26. The van der Waals surface area contributed by atoms with Crippen LogP contribution in [0.4, 0.5) is 0 Å². The summed E-state index contributed by atoms with van der Waals surface area (Å²) in [6.45, 7) is 4.17. The molecule has 0 radical (unpaired) electrons. The van der Waals surface area contributed by atoms with Gasteiger partial charge in [-0.15, -0.1) is 0 Å². The molecule has 1 heteroatoms. The van der Waals surface area contributed by atoms with Crippen molar-refractivity contribution in [1.29, 1.82) is 0 Å². The van der Waals surface area contributed by atoms with E-state index in [1.54, 1.807) is 6.08 Å². The maximum atomic E-state index is 9.80. The molecule has 1 rings (SSSR count). The van der Waals surface area contributed by atoms with Crippen molar-refractivity contribution in [2.75, 3.05) is 0 Å². The third kappa shape index (κ3) is 5.50. The number of hydrogen-bond donors (Lipinski definition) is 1. The fourth-order valence-corrected chi connectivity index (χ4v) is 2.11. The van der Waals surface area contributed by atoms with E-state index < -0.39 is 6.10 Å². The molecular formula is C17H26O. The Morgan fingerprint density at radius 1 is 1.06 bits per heavy atom. The van der Waals surface area contributed by atoms with Crippen LogP contribution >= 0.6 is 0 Å². The molecule has 1 N–H and O–H groups in total. The fourth-order valence-electron chi connectivity index (χ4n) is 2.11. The predicted octanol–water partition coefficient (Wildman–Crippen LogP) is 4.81. The zero-order valence-electron chi connectivity index (χ0n) is 11.7. The number of allylic oxidation sites excluding steroid dienone is 1. The molecule has 0 aromatic heterocycles. The molecule has 0 bridgehead atoms. The molecule has 18 heavy (non-hydrogen) atoms. The molecule has 0 saturated heterocycles. The molecule has 1 atom stereocenters. The van der Waals surface area contributed by atoms with E-state index in [9.17, 15) is 5.11 Å². The molecule has 0 fully saturated rings. The van der Waals surface area contributed by atoms with Gasteiger partial charge in [0.05, 0.1) is 6.10 Å². The average Bonchev–Trinajstić information content (AvgIpc) is 2.39. The number of unbranched alkanes of at least 4 members (excludes halogenated alkanes) is 4. The van der Waals surface area contributed by atoms with Gasteiger partial charge < -0.3 is 5.11 Å². The lowest BCUT2D eigenvalue weighted by Crippen LogP contribution is -1.93. The Balaban J connectivity index is 2.36. The molecule has 1 nitrogen and oxygen atoms in total. The standard InChI is InChI=1S/C17H26O/c1-3-5-6-7-8-10-15-11-13-16(14-12-15)17(18)9-4-2/h4,9,11-14,17-18H,3,5-8,10H2,1-2H3/b9-4+/t17-/m0/s1. The number of rotatable bonds is 8. The summed E-state index contributed by atoms with van der Waals surface area (Å²) in [5.74, 6) is 0. The molecule has 0 unspecified atom stereocenters. The van der Waals surface area contributed by atoms with Gasteiger partial charge in [-0.2, -0.15) is 0 Å². The number of benzene rings is 1. The van der Waals surface area contributed by atoms with Crippen LogP contribution in [0, 0.1) is 0 Å². The molecule has 0 aliphatic rings. The largest absolute Gasteiger partial charge is 0.384 e. The van der Waals surface area contributed by atoms with Gasteiger partial charge >= 0.3 is 0 Å². The zero-order valence-corrected chi connectivity index (χ0v) is 11.7. The summed E-state index contributed by atoms with van der Waals surface area (Å²) in [4.78, 5) is 0. The van der Waals surface area contributed by atoms with Crippen LogP contribution < -0.4 is 0 Å². The summed E-state index contributed by atoms with van der Waals surface area (Å²) < 4.78 is 0. The van der Waals surface area contributed by atoms with Gasteiger partial charge in [0.2, 0.25) is 0 Å². The summed E-state index contributed by atoms with van der Waals surface area (Å²) in [6.07, 6.45) is 11.0. The summed E-state index contributed by atoms with van der Waals surface area (Å²) in [6, 6.07) is 8.35. The first-order chi connectivity index (χ1) is 8.77. The van der Waals surface area contributed by atoms with Crippen molar-refractivity contribution in [3.05, 3.63) is 47.5 Å². The van der Waals surface area contributed by atoms with E-state index in [0.717, 1.165) is 12.0 Å². The first-order valence-electron chi connectivity index (χ1n) is 7.17. The van der Waals surface area contributed by atoms with Gasteiger partial charge in [-0.1, -0.05) is 69.0 Å². The second-order valence-electron chi connectivity index (χ2n) is 4.88. The minimum Gasteiger partial charge on any atom is -0.384 e. The molecule has 0 heterocycles. The van der Waals surface area contributed by atoms with E-state index in [0.29, 0.717) is 0 Å². The van der Waals surface area contributed by atoms with Crippen molar-refractivity contribution in [3.8, 4) is 0 Å². The maximum absolute atomic E-state index is 9.80. The van der Waals surface area contributed by atoms with Crippen molar-refractivity contribution in [1.82, 2.24) is 0 Å². The highest BCUT2D eigenvalue weighted by Crippen LogP contribution is 2.16. The van der Waals surface area contributed by atoms with Gasteiger partial charge in [-0.25, -0.2) is 0 Å². The topological polar surface area (TPSA) is 20.2 Å². The highest BCUT2D eigenvalue weighted by atomic mass is 16.3. The van der Waals surface area contributed by atoms with E-state index in [-0.39, 0.29) is 0 Å². The zero-order chi connectivity index (χ0) is 13.2. The molecule has 1 aromatic rings. The van der Waals surface area contributed by atoms with Gasteiger partial charge in [0, 0.05) is 0 Å². The lowest BCUT2D eigenvalue weighted by molar-refractivity contribution is 0.228. The summed E-state index contributed by atoms with van der Waals surface area (Å²) >= 11 is 0. The number of hydrogen-bond acceptors (Lipinski definition) is 1. The molecule has 0 aliphatic heterocycles. The van der Waals surface area contributed by atoms with Crippen LogP contribution in [-0.4, -0.2) is 5.11 Å². The second-order valence-corrected chi connectivity index (χ2v) is 4.88. The normalized spacial score (nSPS) is 13.1. The van der Waals surface area contributed by atoms with Crippen LogP contribution in [0.25, 0.3) is 0 Å². The Hall–Kier alpha value is -1.08. The third-order valence-electron chi connectivity index (χ3n) is 3.26. The first-order valence-corrected chi connectivity index (χ1v) is 7.17. The van der Waals surface area contributed by atoms with Crippen molar-refractivity contribution in [2.24, 2.45) is 0 Å². The number of aliphatic hydroxyl groups excluding tert-OH is 1. The van der Waals surface area contributed by atoms with E-state index in [1.807, 2.05) is 25.1 Å². The van der Waals surface area contributed by atoms with Gasteiger partial charge in [0.15, 0.2) is 0 Å². The smallest absolute Gasteiger partial charge is 0.0971 e. The number of aryl methyl sites for hydroxylation is 1. The number of aliphatic hydroxyl groups is 1. The Morgan fingerprint density at radius 2 is 1.72 bits per heavy atom. The van der Waals surface area contributed by atoms with E-state index in [2.05, 4.69) is 19.1 Å². The minimum absolute atomic E-state index is 0.464. The Morgan fingerprint density at radius 3 is 2.33 bits per heavy atom. The second kappa shape index (κ2) is 8.93. The Kier molecular flexibility index (Phi) is 7.43. The van der Waals surface area contributed by atoms with Crippen LogP contribution in [0.2, 0.25) is 0 Å². The van der Waals surface area contributed by atoms with Crippen LogP contribution in [0.5, 0.6) is 0 Å². The van der Waals surface area contributed by atoms with Crippen LogP contribution in [0.1, 0.15) is 63.2 Å². The van der Waals surface area contributed by atoms with Crippen molar-refractivity contribution < 1.29 is 5.11 Å². The van der Waals surface area contributed by atoms with Crippen molar-refractivity contribution in [3.63, 3.8) is 0 Å². The lowest BCUT2D eigenvalue weighted by Gasteiger charge is -2.07. The van der Waals surface area contributed by atoms with E-state index in [4.69, 9.17) is 0 Å². The summed E-state index contributed by atoms with van der Waals surface area (Å²) in [5.41, 5.74) is 2.35. The van der Waals surface area contributed by atoms with Gasteiger partial charge in [-0.3, -0.25) is 0 Å². The monoisotopic (exact) mass is 246 g/mol. The van der Waals surface area contributed by atoms with Crippen LogP contribution in [0.15, 0.2) is 36.4 Å². The van der Waals surface area contributed by atoms with E-state index >= 15 is 0 Å². The molecule has 0 saturated carbocycles. The summed E-state index contributed by atoms with van der Waals surface area (Å²) in [7, 11) is 0. The average molecular weight is 246 g/mol. The SMILES string of the molecule is C/C=C/[C@H](O)c1ccc(CCCCCCC)cc1. The Labute approximate surface area is 112 Å². The van der Waals surface area contributed by atoms with Crippen LogP contribution in [0.3, 0.4) is 0 Å².